The summed E-state index contributed by atoms with van der Waals surface area (Å²) in [6, 6.07) is 8.10. The molecule has 1 aliphatic rings. The number of ketones is 1. The van der Waals surface area contributed by atoms with E-state index in [9.17, 15) is 4.79 Å². The first-order valence-corrected chi connectivity index (χ1v) is 5.57. The van der Waals surface area contributed by atoms with Gasteiger partial charge in [-0.1, -0.05) is 28.1 Å². The minimum absolute atomic E-state index is 0.165. The zero-order valence-electron chi connectivity index (χ0n) is 7.79. The third-order valence-corrected chi connectivity index (χ3v) is 2.77. The van der Waals surface area contributed by atoms with E-state index < -0.39 is 0 Å². The van der Waals surface area contributed by atoms with Crippen molar-refractivity contribution in [2.24, 2.45) is 0 Å². The smallest absolute Gasteiger partial charge is 0.176 e. The van der Waals surface area contributed by atoms with Crippen molar-refractivity contribution in [2.45, 2.75) is 18.9 Å². The molecule has 0 aromatic heterocycles. The second-order valence-electron chi connectivity index (χ2n) is 3.59. The fraction of sp³-hybridized carbons (Fsp3) is 0.364. The molecule has 0 radical (unpaired) electrons. The molecule has 1 N–H and O–H groups in total. The molecule has 74 valence electrons. The van der Waals surface area contributed by atoms with E-state index in [-0.39, 0.29) is 5.78 Å². The highest BCUT2D eigenvalue weighted by molar-refractivity contribution is 9.10. The summed E-state index contributed by atoms with van der Waals surface area (Å²) >= 11 is 3.35. The van der Waals surface area contributed by atoms with Crippen LogP contribution in [0.25, 0.3) is 0 Å². The molecule has 0 unspecified atom stereocenters. The minimum Gasteiger partial charge on any atom is -0.307 e. The van der Waals surface area contributed by atoms with Gasteiger partial charge >= 0.3 is 0 Å². The van der Waals surface area contributed by atoms with Crippen LogP contribution in [0.3, 0.4) is 0 Å². The summed E-state index contributed by atoms with van der Waals surface area (Å²) in [5.74, 6) is 0.165. The summed E-state index contributed by atoms with van der Waals surface area (Å²) in [6.45, 7) is 0.459. The molecule has 0 aliphatic heterocycles. The normalized spacial score (nSPS) is 15.5. The summed E-state index contributed by atoms with van der Waals surface area (Å²) in [5, 5.41) is 3.21. The Morgan fingerprint density at radius 2 is 2.29 bits per heavy atom. The Hall–Kier alpha value is -0.670. The van der Waals surface area contributed by atoms with Crippen LogP contribution in [-0.4, -0.2) is 18.4 Å². The molecule has 3 heteroatoms. The quantitative estimate of drug-likeness (QED) is 0.836. The van der Waals surface area contributed by atoms with E-state index in [1.165, 1.54) is 12.8 Å². The van der Waals surface area contributed by atoms with Crippen molar-refractivity contribution in [3.05, 3.63) is 34.3 Å². The standard InChI is InChI=1S/C11H12BrNO/c12-9-3-1-2-8(6-9)11(14)7-13-10-4-5-10/h1-3,6,10,13H,4-5,7H2. The highest BCUT2D eigenvalue weighted by Gasteiger charge is 2.21. The largest absolute Gasteiger partial charge is 0.307 e. The van der Waals surface area contributed by atoms with Crippen LogP contribution in [0.1, 0.15) is 23.2 Å². The van der Waals surface area contributed by atoms with Crippen LogP contribution in [-0.2, 0) is 0 Å². The maximum atomic E-state index is 11.6. The van der Waals surface area contributed by atoms with Crippen LogP contribution in [0, 0.1) is 0 Å². The van der Waals surface area contributed by atoms with E-state index in [1.807, 2.05) is 24.3 Å². The van der Waals surface area contributed by atoms with Gasteiger partial charge in [0.15, 0.2) is 5.78 Å². The van der Waals surface area contributed by atoms with Crippen molar-refractivity contribution < 1.29 is 4.79 Å². The maximum Gasteiger partial charge on any atom is 0.176 e. The lowest BCUT2D eigenvalue weighted by Crippen LogP contribution is -2.24. The fourth-order valence-corrected chi connectivity index (χ4v) is 1.69. The molecular weight excluding hydrogens is 242 g/mol. The van der Waals surface area contributed by atoms with Gasteiger partial charge in [0.1, 0.15) is 0 Å². The van der Waals surface area contributed by atoms with E-state index in [4.69, 9.17) is 0 Å². The second-order valence-corrected chi connectivity index (χ2v) is 4.50. The summed E-state index contributed by atoms with van der Waals surface area (Å²) in [5.41, 5.74) is 0.771. The van der Waals surface area contributed by atoms with Gasteiger partial charge in [0, 0.05) is 16.1 Å². The zero-order valence-corrected chi connectivity index (χ0v) is 9.38. The lowest BCUT2D eigenvalue weighted by molar-refractivity contribution is 0.0990. The van der Waals surface area contributed by atoms with E-state index in [2.05, 4.69) is 21.2 Å². The van der Waals surface area contributed by atoms with E-state index in [0.29, 0.717) is 12.6 Å². The summed E-state index contributed by atoms with van der Waals surface area (Å²) in [6.07, 6.45) is 2.43. The molecule has 0 spiro atoms. The number of nitrogens with one attached hydrogen (secondary N) is 1. The van der Waals surface area contributed by atoms with Crippen LogP contribution >= 0.6 is 15.9 Å². The van der Waals surface area contributed by atoms with Gasteiger partial charge in [-0.05, 0) is 25.0 Å². The lowest BCUT2D eigenvalue weighted by Gasteiger charge is -2.02. The van der Waals surface area contributed by atoms with Crippen LogP contribution in [0.15, 0.2) is 28.7 Å². The molecule has 1 saturated carbocycles. The van der Waals surface area contributed by atoms with Gasteiger partial charge in [-0.2, -0.15) is 0 Å². The van der Waals surface area contributed by atoms with Crippen LogP contribution < -0.4 is 5.32 Å². The SMILES string of the molecule is O=C(CNC1CC1)c1cccc(Br)c1. The number of benzene rings is 1. The summed E-state index contributed by atoms with van der Waals surface area (Å²) in [7, 11) is 0. The topological polar surface area (TPSA) is 29.1 Å². The lowest BCUT2D eigenvalue weighted by atomic mass is 10.1. The van der Waals surface area contributed by atoms with Gasteiger partial charge in [-0.15, -0.1) is 0 Å². The molecule has 0 bridgehead atoms. The third kappa shape index (κ3) is 2.66. The van der Waals surface area contributed by atoms with Gasteiger partial charge in [0.2, 0.25) is 0 Å². The van der Waals surface area contributed by atoms with E-state index >= 15 is 0 Å². The number of hydrogen-bond acceptors (Lipinski definition) is 2. The zero-order chi connectivity index (χ0) is 9.97. The van der Waals surface area contributed by atoms with Gasteiger partial charge in [0.05, 0.1) is 6.54 Å². The Labute approximate surface area is 91.8 Å². The Balaban J connectivity index is 1.95. The van der Waals surface area contributed by atoms with Crippen molar-refractivity contribution in [1.82, 2.24) is 5.32 Å². The molecule has 2 nitrogen and oxygen atoms in total. The van der Waals surface area contributed by atoms with E-state index in [0.717, 1.165) is 10.0 Å². The number of carbonyl (C=O) groups excluding carboxylic acids is 1. The van der Waals surface area contributed by atoms with Gasteiger partial charge in [-0.25, -0.2) is 0 Å². The highest BCUT2D eigenvalue weighted by Crippen LogP contribution is 2.18. The molecular formula is C11H12BrNO. The average molecular weight is 254 g/mol. The monoisotopic (exact) mass is 253 g/mol. The number of halogens is 1. The Kier molecular flexibility index (Phi) is 2.99. The molecule has 0 saturated heterocycles. The molecule has 14 heavy (non-hydrogen) atoms. The molecule has 0 heterocycles. The number of carbonyl (C=O) groups is 1. The van der Waals surface area contributed by atoms with E-state index in [1.54, 1.807) is 0 Å². The summed E-state index contributed by atoms with van der Waals surface area (Å²) < 4.78 is 0.953. The molecule has 1 aromatic carbocycles. The van der Waals surface area contributed by atoms with Crippen molar-refractivity contribution in [3.8, 4) is 0 Å². The predicted octanol–water partition coefficient (Wildman–Crippen LogP) is 2.38. The van der Waals surface area contributed by atoms with Gasteiger partial charge in [0.25, 0.3) is 0 Å². The fourth-order valence-electron chi connectivity index (χ4n) is 1.29. The maximum absolute atomic E-state index is 11.6. The first-order valence-electron chi connectivity index (χ1n) is 4.78. The minimum atomic E-state index is 0.165. The van der Waals surface area contributed by atoms with Gasteiger partial charge in [-0.3, -0.25) is 4.79 Å². The Morgan fingerprint density at radius 3 is 2.93 bits per heavy atom. The molecule has 1 aromatic rings. The van der Waals surface area contributed by atoms with Crippen LogP contribution in [0.4, 0.5) is 0 Å². The first-order chi connectivity index (χ1) is 6.75. The number of Topliss-reactive ketones (excluding diaryl/α,β-unsaturated/α-hetero) is 1. The number of rotatable bonds is 4. The first kappa shape index (κ1) is 9.87. The molecule has 0 amide bonds. The van der Waals surface area contributed by atoms with Crippen LogP contribution in [0.2, 0.25) is 0 Å². The third-order valence-electron chi connectivity index (χ3n) is 2.28. The van der Waals surface area contributed by atoms with Crippen molar-refractivity contribution in [3.63, 3.8) is 0 Å². The molecule has 2 rings (SSSR count). The van der Waals surface area contributed by atoms with Crippen LogP contribution in [0.5, 0.6) is 0 Å². The molecule has 1 fully saturated rings. The summed E-state index contributed by atoms with van der Waals surface area (Å²) in [4.78, 5) is 11.6. The number of hydrogen-bond donors (Lipinski definition) is 1. The average Bonchev–Trinajstić information content (AvgIpc) is 2.97. The Morgan fingerprint density at radius 1 is 1.50 bits per heavy atom. The van der Waals surface area contributed by atoms with Crippen molar-refractivity contribution in [1.29, 1.82) is 0 Å². The molecule has 0 atom stereocenters. The van der Waals surface area contributed by atoms with Gasteiger partial charge < -0.3 is 5.32 Å². The highest BCUT2D eigenvalue weighted by atomic mass is 79.9. The molecule has 1 aliphatic carbocycles. The van der Waals surface area contributed by atoms with Crippen molar-refractivity contribution in [2.75, 3.05) is 6.54 Å². The van der Waals surface area contributed by atoms with Crippen molar-refractivity contribution >= 4 is 21.7 Å². The Bertz CT molecular complexity index is 347. The predicted molar refractivity (Wildman–Crippen MR) is 59.5 cm³/mol. The second kappa shape index (κ2) is 4.24.